The van der Waals surface area contributed by atoms with Crippen molar-refractivity contribution in [2.24, 2.45) is 10.7 Å². The van der Waals surface area contributed by atoms with Gasteiger partial charge in [0, 0.05) is 5.69 Å². The molecule has 0 aliphatic carbocycles. The van der Waals surface area contributed by atoms with Crippen molar-refractivity contribution in [1.29, 1.82) is 0 Å². The second kappa shape index (κ2) is 7.99. The summed E-state index contributed by atoms with van der Waals surface area (Å²) in [6.07, 6.45) is 1.50. The molecule has 1 aliphatic heterocycles. The van der Waals surface area contributed by atoms with Crippen molar-refractivity contribution < 1.29 is 18.3 Å². The second-order valence-corrected chi connectivity index (χ2v) is 6.85. The number of nitrogens with two attached hydrogens (primary N) is 1. The molecule has 6 nitrogen and oxygen atoms in total. The van der Waals surface area contributed by atoms with Gasteiger partial charge in [-0.05, 0) is 58.6 Å². The molecular weight excluding hydrogens is 422 g/mol. The van der Waals surface area contributed by atoms with E-state index < -0.39 is 17.5 Å². The van der Waals surface area contributed by atoms with Gasteiger partial charge in [0.15, 0.2) is 0 Å². The van der Waals surface area contributed by atoms with E-state index in [0.29, 0.717) is 6.61 Å². The maximum atomic E-state index is 14.3. The van der Waals surface area contributed by atoms with Gasteiger partial charge in [-0.2, -0.15) is 8.78 Å². The van der Waals surface area contributed by atoms with Gasteiger partial charge in [-0.3, -0.25) is 4.79 Å². The Morgan fingerprint density at radius 2 is 2.04 bits per heavy atom. The van der Waals surface area contributed by atoms with E-state index in [1.807, 2.05) is 0 Å². The highest BCUT2D eigenvalue weighted by Gasteiger charge is 2.42. The lowest BCUT2D eigenvalue weighted by atomic mass is 10.1. The summed E-state index contributed by atoms with van der Waals surface area (Å²) in [4.78, 5) is 19.8. The number of nitrogens with zero attached hydrogens (tertiary/aromatic N) is 2. The molecule has 0 saturated carbocycles. The highest BCUT2D eigenvalue weighted by atomic mass is 79.9. The van der Waals surface area contributed by atoms with Crippen molar-refractivity contribution in [2.45, 2.75) is 24.8 Å². The SMILES string of the molecule is NC1=NC(CCc2ccc(NC(=O)C(F)(F)c3cccc(Br)n3)cc2)CO1. The minimum absolute atomic E-state index is 0.0285. The number of aromatic nitrogens is 1. The quantitative estimate of drug-likeness (QED) is 0.677. The zero-order valence-corrected chi connectivity index (χ0v) is 15.7. The Hall–Kier alpha value is -2.55. The van der Waals surface area contributed by atoms with Crippen LogP contribution in [0.3, 0.4) is 0 Å². The lowest BCUT2D eigenvalue weighted by molar-refractivity contribution is -0.141. The molecule has 0 bridgehead atoms. The maximum absolute atomic E-state index is 14.3. The number of aryl methyl sites for hydroxylation is 1. The molecule has 1 unspecified atom stereocenters. The number of hydrogen-bond donors (Lipinski definition) is 2. The molecule has 3 rings (SSSR count). The third-order valence-corrected chi connectivity index (χ3v) is 4.48. The predicted molar refractivity (Wildman–Crippen MR) is 101 cm³/mol. The Morgan fingerprint density at radius 1 is 1.30 bits per heavy atom. The van der Waals surface area contributed by atoms with Crippen LogP contribution in [0.25, 0.3) is 0 Å². The van der Waals surface area contributed by atoms with E-state index in [4.69, 9.17) is 10.5 Å². The fraction of sp³-hybridized carbons (Fsp3) is 0.278. The molecule has 2 aromatic rings. The van der Waals surface area contributed by atoms with E-state index in [1.165, 1.54) is 12.1 Å². The summed E-state index contributed by atoms with van der Waals surface area (Å²) in [5, 5.41) is 2.23. The van der Waals surface area contributed by atoms with Gasteiger partial charge in [0.2, 0.25) is 0 Å². The highest BCUT2D eigenvalue weighted by Crippen LogP contribution is 2.29. The monoisotopic (exact) mass is 438 g/mol. The molecule has 0 radical (unpaired) electrons. The molecule has 1 aliphatic rings. The van der Waals surface area contributed by atoms with Crippen LogP contribution < -0.4 is 11.1 Å². The zero-order chi connectivity index (χ0) is 19.4. The van der Waals surface area contributed by atoms with Crippen LogP contribution in [0.1, 0.15) is 17.7 Å². The number of anilines is 1. The first-order chi connectivity index (χ1) is 12.8. The first-order valence-electron chi connectivity index (χ1n) is 8.22. The molecule has 1 aromatic heterocycles. The number of rotatable bonds is 6. The van der Waals surface area contributed by atoms with Crippen molar-refractivity contribution in [1.82, 2.24) is 4.98 Å². The van der Waals surface area contributed by atoms with Crippen molar-refractivity contribution in [3.8, 4) is 0 Å². The predicted octanol–water partition coefficient (Wildman–Crippen LogP) is 3.22. The fourth-order valence-electron chi connectivity index (χ4n) is 2.58. The van der Waals surface area contributed by atoms with Crippen molar-refractivity contribution in [2.75, 3.05) is 11.9 Å². The van der Waals surface area contributed by atoms with Gasteiger partial charge in [-0.1, -0.05) is 18.2 Å². The van der Waals surface area contributed by atoms with Crippen LogP contribution in [-0.4, -0.2) is 29.6 Å². The molecule has 27 heavy (non-hydrogen) atoms. The lowest BCUT2D eigenvalue weighted by Crippen LogP contribution is -2.33. The van der Waals surface area contributed by atoms with E-state index >= 15 is 0 Å². The van der Waals surface area contributed by atoms with Gasteiger partial charge in [-0.25, -0.2) is 9.98 Å². The number of aliphatic imine (C=N–C) groups is 1. The Bertz CT molecular complexity index is 859. The summed E-state index contributed by atoms with van der Waals surface area (Å²) in [5.74, 6) is -5.18. The van der Waals surface area contributed by atoms with E-state index in [9.17, 15) is 13.6 Å². The Kier molecular flexibility index (Phi) is 5.69. The van der Waals surface area contributed by atoms with Crippen molar-refractivity contribution in [3.63, 3.8) is 0 Å². The Balaban J connectivity index is 1.59. The van der Waals surface area contributed by atoms with Crippen LogP contribution in [-0.2, 0) is 21.9 Å². The van der Waals surface area contributed by atoms with Gasteiger partial charge in [0.05, 0.1) is 6.04 Å². The molecule has 2 heterocycles. The average Bonchev–Trinajstić information content (AvgIpc) is 3.06. The Labute approximate surface area is 163 Å². The standard InChI is InChI=1S/C18H17BrF2N4O2/c19-15-3-1-2-14(25-15)18(20,21)16(26)23-12-7-4-11(5-8-12)6-9-13-10-27-17(22)24-13/h1-5,7-8,13H,6,9-10H2,(H2,22,24)(H,23,26). The van der Waals surface area contributed by atoms with Crippen LogP contribution in [0.15, 0.2) is 52.1 Å². The molecular formula is C18H17BrF2N4O2. The van der Waals surface area contributed by atoms with Gasteiger partial charge in [0.25, 0.3) is 6.02 Å². The number of carbonyl (C=O) groups excluding carboxylic acids is 1. The summed E-state index contributed by atoms with van der Waals surface area (Å²) in [6, 6.07) is 11.0. The fourth-order valence-corrected chi connectivity index (χ4v) is 2.92. The summed E-state index contributed by atoms with van der Waals surface area (Å²) >= 11 is 3.02. The van der Waals surface area contributed by atoms with Crippen molar-refractivity contribution >= 4 is 33.5 Å². The molecule has 0 fully saturated rings. The molecule has 142 valence electrons. The number of halogens is 3. The molecule has 9 heteroatoms. The van der Waals surface area contributed by atoms with E-state index in [1.54, 1.807) is 24.3 Å². The highest BCUT2D eigenvalue weighted by molar-refractivity contribution is 9.10. The first-order valence-corrected chi connectivity index (χ1v) is 9.01. The molecule has 0 spiro atoms. The van der Waals surface area contributed by atoms with Gasteiger partial charge in [0.1, 0.15) is 16.9 Å². The minimum atomic E-state index is -3.75. The van der Waals surface area contributed by atoms with Gasteiger partial charge >= 0.3 is 11.8 Å². The third kappa shape index (κ3) is 4.79. The van der Waals surface area contributed by atoms with Crippen LogP contribution >= 0.6 is 15.9 Å². The summed E-state index contributed by atoms with van der Waals surface area (Å²) in [7, 11) is 0. The topological polar surface area (TPSA) is 89.6 Å². The largest absolute Gasteiger partial charge is 0.463 e. The molecule has 1 atom stereocenters. The molecule has 3 N–H and O–H groups in total. The van der Waals surface area contributed by atoms with Crippen LogP contribution in [0, 0.1) is 0 Å². The van der Waals surface area contributed by atoms with Crippen molar-refractivity contribution in [3.05, 3.63) is 58.3 Å². The second-order valence-electron chi connectivity index (χ2n) is 6.04. The number of benzene rings is 1. The van der Waals surface area contributed by atoms with Gasteiger partial charge < -0.3 is 15.8 Å². The number of carbonyl (C=O) groups is 1. The van der Waals surface area contributed by atoms with Crippen LogP contribution in [0.2, 0.25) is 0 Å². The summed E-state index contributed by atoms with van der Waals surface area (Å²) in [5.41, 5.74) is 6.12. The number of pyridine rings is 1. The van der Waals surface area contributed by atoms with E-state index in [0.717, 1.165) is 24.5 Å². The maximum Gasteiger partial charge on any atom is 0.366 e. The minimum Gasteiger partial charge on any atom is -0.463 e. The zero-order valence-electron chi connectivity index (χ0n) is 14.2. The first kappa shape index (κ1) is 19.2. The normalized spacial score (nSPS) is 16.6. The summed E-state index contributed by atoms with van der Waals surface area (Å²) < 4.78 is 33.9. The van der Waals surface area contributed by atoms with E-state index in [-0.39, 0.29) is 22.4 Å². The van der Waals surface area contributed by atoms with Gasteiger partial charge in [-0.15, -0.1) is 0 Å². The van der Waals surface area contributed by atoms with E-state index in [2.05, 4.69) is 31.2 Å². The average molecular weight is 439 g/mol. The molecule has 1 amide bonds. The summed E-state index contributed by atoms with van der Waals surface area (Å²) in [6.45, 7) is 0.471. The smallest absolute Gasteiger partial charge is 0.366 e. The number of alkyl halides is 2. The number of amidine groups is 1. The lowest BCUT2D eigenvalue weighted by Gasteiger charge is -2.16. The number of amides is 1. The van der Waals surface area contributed by atoms with Crippen LogP contribution in [0.5, 0.6) is 0 Å². The number of ether oxygens (including phenoxy) is 1. The molecule has 0 saturated heterocycles. The molecule has 1 aromatic carbocycles. The third-order valence-electron chi connectivity index (χ3n) is 4.03. The number of nitrogens with one attached hydrogen (secondary N) is 1. The number of hydrogen-bond acceptors (Lipinski definition) is 5. The Morgan fingerprint density at radius 3 is 2.67 bits per heavy atom. The van der Waals surface area contributed by atoms with Crippen LogP contribution in [0.4, 0.5) is 14.5 Å².